The van der Waals surface area contributed by atoms with Crippen LogP contribution < -0.4 is 5.32 Å². The van der Waals surface area contributed by atoms with Gasteiger partial charge in [-0.1, -0.05) is 36.9 Å². The van der Waals surface area contributed by atoms with Gasteiger partial charge in [-0.25, -0.2) is 4.39 Å². The molecule has 1 N–H and O–H groups in total. The molecule has 1 unspecified atom stereocenters. The Bertz CT molecular complexity index is 435. The first-order valence-corrected chi connectivity index (χ1v) is 8.24. The second kappa shape index (κ2) is 8.72. The van der Waals surface area contributed by atoms with Crippen LogP contribution in [0.25, 0.3) is 0 Å². The topological polar surface area (TPSA) is 21.3 Å². The summed E-state index contributed by atoms with van der Waals surface area (Å²) < 4.78 is 18.4. The molecular weight excluding hydrogens is 289 g/mol. The lowest BCUT2D eigenvalue weighted by Crippen LogP contribution is -2.30. The van der Waals surface area contributed by atoms with Crippen molar-refractivity contribution in [3.63, 3.8) is 0 Å². The van der Waals surface area contributed by atoms with Crippen molar-refractivity contribution in [2.45, 2.75) is 38.0 Å². The van der Waals surface area contributed by atoms with Gasteiger partial charge in [0.15, 0.2) is 0 Å². The fourth-order valence-electron chi connectivity index (χ4n) is 3.30. The van der Waals surface area contributed by atoms with Gasteiger partial charge in [0.1, 0.15) is 5.82 Å². The number of ether oxygens (including phenoxy) is 1. The van der Waals surface area contributed by atoms with Gasteiger partial charge < -0.3 is 10.1 Å². The molecule has 0 aliphatic heterocycles. The molecule has 2 rings (SSSR count). The van der Waals surface area contributed by atoms with Gasteiger partial charge in [-0.05, 0) is 36.5 Å². The first-order valence-electron chi connectivity index (χ1n) is 7.87. The van der Waals surface area contributed by atoms with Crippen LogP contribution in [-0.4, -0.2) is 26.8 Å². The molecule has 0 amide bonds. The van der Waals surface area contributed by atoms with Crippen molar-refractivity contribution in [1.82, 2.24) is 5.32 Å². The number of hydrogen-bond donors (Lipinski definition) is 1. The molecule has 0 heterocycles. The van der Waals surface area contributed by atoms with Gasteiger partial charge in [0, 0.05) is 31.1 Å². The molecule has 1 saturated carbocycles. The third-order valence-corrected chi connectivity index (χ3v) is 4.76. The average Bonchev–Trinajstić information content (AvgIpc) is 2.49. The van der Waals surface area contributed by atoms with E-state index >= 15 is 0 Å². The van der Waals surface area contributed by atoms with Crippen LogP contribution in [0.4, 0.5) is 4.39 Å². The number of benzene rings is 1. The number of hydrogen-bond acceptors (Lipinski definition) is 2. The zero-order valence-electron chi connectivity index (χ0n) is 12.7. The standard InChI is InChI=1S/C17H25ClFNO/c1-21-10-9-20-12-16(13-5-3-2-4-6-13)15-8-7-14(19)11-17(15)18/h7-8,11,13,16,20H,2-6,9-10,12H2,1H3. The summed E-state index contributed by atoms with van der Waals surface area (Å²) in [5.74, 6) is 0.727. The summed E-state index contributed by atoms with van der Waals surface area (Å²) in [6.45, 7) is 2.41. The van der Waals surface area contributed by atoms with E-state index in [0.29, 0.717) is 23.5 Å². The van der Waals surface area contributed by atoms with Gasteiger partial charge in [0.25, 0.3) is 0 Å². The van der Waals surface area contributed by atoms with Gasteiger partial charge in [-0.2, -0.15) is 0 Å². The van der Waals surface area contributed by atoms with E-state index in [-0.39, 0.29) is 5.82 Å². The second-order valence-electron chi connectivity index (χ2n) is 5.87. The minimum Gasteiger partial charge on any atom is -0.383 e. The van der Waals surface area contributed by atoms with Gasteiger partial charge in [-0.3, -0.25) is 0 Å². The first kappa shape index (κ1) is 16.7. The molecule has 0 spiro atoms. The van der Waals surface area contributed by atoms with Crippen LogP contribution in [0, 0.1) is 11.7 Å². The summed E-state index contributed by atoms with van der Waals surface area (Å²) >= 11 is 6.29. The fraction of sp³-hybridized carbons (Fsp3) is 0.647. The highest BCUT2D eigenvalue weighted by Gasteiger charge is 2.26. The third kappa shape index (κ3) is 4.94. The lowest BCUT2D eigenvalue weighted by atomic mass is 9.76. The average molecular weight is 314 g/mol. The largest absolute Gasteiger partial charge is 0.383 e. The van der Waals surface area contributed by atoms with Gasteiger partial charge >= 0.3 is 0 Å². The molecule has 0 aromatic heterocycles. The second-order valence-corrected chi connectivity index (χ2v) is 6.27. The minimum absolute atomic E-state index is 0.265. The van der Waals surface area contributed by atoms with Crippen LogP contribution >= 0.6 is 11.6 Å². The molecule has 4 heteroatoms. The van der Waals surface area contributed by atoms with Crippen LogP contribution in [-0.2, 0) is 4.74 Å². The zero-order chi connectivity index (χ0) is 15.1. The Hall–Kier alpha value is -0.640. The van der Waals surface area contributed by atoms with Crippen molar-refractivity contribution in [3.8, 4) is 0 Å². The minimum atomic E-state index is -0.265. The quantitative estimate of drug-likeness (QED) is 0.754. The molecule has 1 aliphatic carbocycles. The van der Waals surface area contributed by atoms with E-state index in [1.54, 1.807) is 7.11 Å². The smallest absolute Gasteiger partial charge is 0.124 e. The molecular formula is C17H25ClFNO. The SMILES string of the molecule is COCCNCC(c1ccc(F)cc1Cl)C1CCCCC1. The van der Waals surface area contributed by atoms with Crippen molar-refractivity contribution in [3.05, 3.63) is 34.6 Å². The van der Waals surface area contributed by atoms with E-state index in [1.165, 1.54) is 44.2 Å². The van der Waals surface area contributed by atoms with Crippen molar-refractivity contribution in [1.29, 1.82) is 0 Å². The molecule has 118 valence electrons. The molecule has 0 saturated heterocycles. The van der Waals surface area contributed by atoms with Crippen molar-refractivity contribution in [2.24, 2.45) is 5.92 Å². The number of nitrogens with one attached hydrogen (secondary N) is 1. The summed E-state index contributed by atoms with van der Waals surface area (Å²) in [6, 6.07) is 4.81. The molecule has 0 bridgehead atoms. The van der Waals surface area contributed by atoms with Crippen molar-refractivity contribution >= 4 is 11.6 Å². The maximum atomic E-state index is 13.3. The van der Waals surface area contributed by atoms with Crippen LogP contribution in [0.5, 0.6) is 0 Å². The Kier molecular flexibility index (Phi) is 6.94. The molecule has 2 nitrogen and oxygen atoms in total. The number of rotatable bonds is 7. The maximum Gasteiger partial charge on any atom is 0.124 e. The summed E-state index contributed by atoms with van der Waals surface area (Å²) in [4.78, 5) is 0. The van der Waals surface area contributed by atoms with Crippen LogP contribution in [0.2, 0.25) is 5.02 Å². The zero-order valence-corrected chi connectivity index (χ0v) is 13.5. The van der Waals surface area contributed by atoms with Crippen molar-refractivity contribution < 1.29 is 9.13 Å². The molecule has 1 aromatic rings. The normalized spacial score (nSPS) is 17.9. The predicted octanol–water partition coefficient (Wildman–Crippen LogP) is 4.38. The Morgan fingerprint density at radius 3 is 2.76 bits per heavy atom. The van der Waals surface area contributed by atoms with E-state index in [4.69, 9.17) is 16.3 Å². The summed E-state index contributed by atoms with van der Waals surface area (Å²) in [5.41, 5.74) is 1.08. The summed E-state index contributed by atoms with van der Waals surface area (Å²) in [7, 11) is 1.71. The Morgan fingerprint density at radius 2 is 2.10 bits per heavy atom. The summed E-state index contributed by atoms with van der Waals surface area (Å²) in [6.07, 6.45) is 6.39. The highest BCUT2D eigenvalue weighted by Crippen LogP contribution is 2.38. The monoisotopic (exact) mass is 313 g/mol. The molecule has 21 heavy (non-hydrogen) atoms. The highest BCUT2D eigenvalue weighted by molar-refractivity contribution is 6.31. The molecule has 1 fully saturated rings. The van der Waals surface area contributed by atoms with E-state index in [9.17, 15) is 4.39 Å². The molecule has 1 aromatic carbocycles. The van der Waals surface area contributed by atoms with Crippen LogP contribution in [0.1, 0.15) is 43.6 Å². The van der Waals surface area contributed by atoms with E-state index < -0.39 is 0 Å². The number of methoxy groups -OCH3 is 1. The van der Waals surface area contributed by atoms with Gasteiger partial charge in [-0.15, -0.1) is 0 Å². The van der Waals surface area contributed by atoms with E-state index in [0.717, 1.165) is 18.7 Å². The van der Waals surface area contributed by atoms with E-state index in [2.05, 4.69) is 5.32 Å². The lowest BCUT2D eigenvalue weighted by Gasteiger charge is -2.31. The van der Waals surface area contributed by atoms with Crippen molar-refractivity contribution in [2.75, 3.05) is 26.8 Å². The number of halogens is 2. The summed E-state index contributed by atoms with van der Waals surface area (Å²) in [5, 5.41) is 4.00. The third-order valence-electron chi connectivity index (χ3n) is 4.43. The Labute approximate surface area is 132 Å². The Morgan fingerprint density at radius 1 is 1.33 bits per heavy atom. The molecule has 1 atom stereocenters. The highest BCUT2D eigenvalue weighted by atomic mass is 35.5. The molecule has 0 radical (unpaired) electrons. The van der Waals surface area contributed by atoms with E-state index in [1.807, 2.05) is 6.07 Å². The molecule has 1 aliphatic rings. The van der Waals surface area contributed by atoms with Gasteiger partial charge in [0.05, 0.1) is 6.61 Å². The maximum absolute atomic E-state index is 13.3. The van der Waals surface area contributed by atoms with Crippen LogP contribution in [0.15, 0.2) is 18.2 Å². The van der Waals surface area contributed by atoms with Gasteiger partial charge in [0.2, 0.25) is 0 Å². The van der Waals surface area contributed by atoms with Crippen LogP contribution in [0.3, 0.4) is 0 Å². The first-order chi connectivity index (χ1) is 10.2. The Balaban J connectivity index is 2.09. The predicted molar refractivity (Wildman–Crippen MR) is 85.5 cm³/mol. The lowest BCUT2D eigenvalue weighted by molar-refractivity contribution is 0.196. The fourth-order valence-corrected chi connectivity index (χ4v) is 3.61.